The van der Waals surface area contributed by atoms with Gasteiger partial charge in [0.2, 0.25) is 0 Å². The number of nitrogens with zero attached hydrogens (tertiary/aromatic N) is 3. The number of furan rings is 1. The van der Waals surface area contributed by atoms with Crippen molar-refractivity contribution in [2.24, 2.45) is 0 Å². The maximum absolute atomic E-state index is 8.40. The minimum absolute atomic E-state index is 0.185. The van der Waals surface area contributed by atoms with Crippen LogP contribution in [0, 0.1) is 0 Å². The van der Waals surface area contributed by atoms with E-state index >= 15 is 0 Å². The van der Waals surface area contributed by atoms with Gasteiger partial charge in [0, 0.05) is 27.5 Å². The molecule has 0 aliphatic rings. The molecule has 0 atom stereocenters. The summed E-state index contributed by atoms with van der Waals surface area (Å²) in [5.74, 6) is 1.70. The van der Waals surface area contributed by atoms with Crippen LogP contribution in [0.2, 0.25) is 0 Å². The van der Waals surface area contributed by atoms with Crippen LogP contribution in [0.3, 0.4) is 0 Å². The van der Waals surface area contributed by atoms with Crippen LogP contribution in [0.25, 0.3) is 101 Å². The molecule has 0 fully saturated rings. The summed E-state index contributed by atoms with van der Waals surface area (Å²) in [7, 11) is 0. The lowest BCUT2D eigenvalue weighted by atomic mass is 9.95. The van der Waals surface area contributed by atoms with Crippen molar-refractivity contribution in [1.29, 1.82) is 0 Å². The van der Waals surface area contributed by atoms with Gasteiger partial charge in [-0.2, -0.15) is 0 Å². The molecule has 0 aliphatic carbocycles. The lowest BCUT2D eigenvalue weighted by Gasteiger charge is -2.09. The second-order valence-electron chi connectivity index (χ2n) is 13.3. The Morgan fingerprint density at radius 2 is 0.836 bits per heavy atom. The molecule has 0 radical (unpaired) electrons. The standard InChI is InChI=1S/C51H33N3O/c1-4-12-34(13-5-1)36-22-24-38(25-23-36)41-18-10-19-42(32-41)44-20-11-21-46-48(44)45-31-30-43(33-47(45)55-46)51-53-49(39-16-8-3-9-17-39)52-50(54-51)40-28-26-37(27-29-40)35-14-6-2-7-15-35/h1-33H/i1D,4D,5D,12D,13D. The van der Waals surface area contributed by atoms with Crippen LogP contribution >= 0.6 is 0 Å². The van der Waals surface area contributed by atoms with Crippen molar-refractivity contribution in [2.75, 3.05) is 0 Å². The molecule has 2 aromatic heterocycles. The van der Waals surface area contributed by atoms with E-state index in [0.29, 0.717) is 28.6 Å². The molecule has 0 aliphatic heterocycles. The fraction of sp³-hybridized carbons (Fsp3) is 0. The second-order valence-corrected chi connectivity index (χ2v) is 13.3. The summed E-state index contributed by atoms with van der Waals surface area (Å²) >= 11 is 0. The van der Waals surface area contributed by atoms with Crippen molar-refractivity contribution in [3.8, 4) is 78.7 Å². The zero-order valence-electron chi connectivity index (χ0n) is 34.4. The summed E-state index contributed by atoms with van der Waals surface area (Å²) in [6.07, 6.45) is 0. The average Bonchev–Trinajstić information content (AvgIpc) is 3.69. The Kier molecular flexibility index (Phi) is 6.85. The predicted octanol–water partition coefficient (Wildman–Crippen LogP) is 13.4. The van der Waals surface area contributed by atoms with E-state index in [1.165, 1.54) is 0 Å². The lowest BCUT2D eigenvalue weighted by Crippen LogP contribution is -2.00. The largest absolute Gasteiger partial charge is 0.456 e. The summed E-state index contributed by atoms with van der Waals surface area (Å²) in [5.41, 5.74) is 11.0. The summed E-state index contributed by atoms with van der Waals surface area (Å²) in [4.78, 5) is 14.9. The van der Waals surface area contributed by atoms with E-state index in [0.717, 1.165) is 66.4 Å². The van der Waals surface area contributed by atoms with Crippen LogP contribution in [0.1, 0.15) is 6.85 Å². The Labute approximate surface area is 326 Å². The SMILES string of the molecule is [2H]c1c([2H])c([2H])c(-c2ccc(-c3cccc(-c4cccc5oc6cc(-c7nc(-c8ccccc8)nc(-c8ccc(-c9ccccc9)cc8)n7)ccc6c45)c3)cc2)c([2H])c1[2H]. The van der Waals surface area contributed by atoms with Gasteiger partial charge in [0.1, 0.15) is 11.2 Å². The molecule has 10 rings (SSSR count). The van der Waals surface area contributed by atoms with E-state index in [1.54, 1.807) is 12.1 Å². The number of hydrogen-bond acceptors (Lipinski definition) is 4. The molecule has 2 heterocycles. The topological polar surface area (TPSA) is 51.8 Å². The minimum atomic E-state index is -0.404. The van der Waals surface area contributed by atoms with Crippen molar-refractivity contribution >= 4 is 21.9 Å². The van der Waals surface area contributed by atoms with Gasteiger partial charge in [-0.05, 0) is 68.8 Å². The van der Waals surface area contributed by atoms with E-state index in [1.807, 2.05) is 97.1 Å². The molecule has 0 bridgehead atoms. The number of rotatable bonds is 7. The molecule has 258 valence electrons. The highest BCUT2D eigenvalue weighted by atomic mass is 16.3. The van der Waals surface area contributed by atoms with Gasteiger partial charge < -0.3 is 4.42 Å². The van der Waals surface area contributed by atoms with E-state index in [4.69, 9.17) is 26.2 Å². The zero-order valence-corrected chi connectivity index (χ0v) is 29.4. The van der Waals surface area contributed by atoms with E-state index in [-0.39, 0.29) is 29.7 Å². The third kappa shape index (κ3) is 6.26. The summed E-state index contributed by atoms with van der Waals surface area (Å²) in [5, 5.41) is 1.96. The Bertz CT molecular complexity index is 3210. The molecule has 10 aromatic rings. The molecule has 55 heavy (non-hydrogen) atoms. The maximum Gasteiger partial charge on any atom is 0.164 e. The highest BCUT2D eigenvalue weighted by Gasteiger charge is 2.17. The highest BCUT2D eigenvalue weighted by molar-refractivity contribution is 6.13. The van der Waals surface area contributed by atoms with E-state index in [9.17, 15) is 0 Å². The number of hydrogen-bond donors (Lipinski definition) is 0. The first-order chi connectivity index (χ1) is 29.3. The van der Waals surface area contributed by atoms with Gasteiger partial charge >= 0.3 is 0 Å². The van der Waals surface area contributed by atoms with Gasteiger partial charge in [0.15, 0.2) is 17.5 Å². The minimum Gasteiger partial charge on any atom is -0.456 e. The van der Waals surface area contributed by atoms with Crippen LogP contribution < -0.4 is 0 Å². The van der Waals surface area contributed by atoms with Gasteiger partial charge in [-0.25, -0.2) is 15.0 Å². The van der Waals surface area contributed by atoms with Crippen molar-refractivity contribution in [3.05, 3.63) is 200 Å². The molecular weight excluding hydrogens is 671 g/mol. The highest BCUT2D eigenvalue weighted by Crippen LogP contribution is 2.39. The molecule has 0 saturated carbocycles. The summed E-state index contributed by atoms with van der Waals surface area (Å²) < 4.78 is 47.5. The second kappa shape index (κ2) is 13.8. The molecule has 0 N–H and O–H groups in total. The van der Waals surface area contributed by atoms with Crippen LogP contribution in [-0.4, -0.2) is 15.0 Å². The Balaban J connectivity index is 1.01. The molecule has 8 aromatic carbocycles. The van der Waals surface area contributed by atoms with Crippen LogP contribution in [-0.2, 0) is 0 Å². The van der Waals surface area contributed by atoms with Gasteiger partial charge in [0.25, 0.3) is 0 Å². The molecule has 0 saturated heterocycles. The fourth-order valence-electron chi connectivity index (χ4n) is 7.09. The molecule has 4 nitrogen and oxygen atoms in total. The first-order valence-electron chi connectivity index (χ1n) is 20.5. The van der Waals surface area contributed by atoms with E-state index < -0.39 is 6.04 Å². The predicted molar refractivity (Wildman–Crippen MR) is 225 cm³/mol. The lowest BCUT2D eigenvalue weighted by molar-refractivity contribution is 0.669. The third-order valence-corrected chi connectivity index (χ3v) is 9.85. The third-order valence-electron chi connectivity index (χ3n) is 9.85. The number of aromatic nitrogens is 3. The first-order valence-corrected chi connectivity index (χ1v) is 18.0. The molecular formula is C51H33N3O. The normalized spacial score (nSPS) is 12.5. The summed E-state index contributed by atoms with van der Waals surface area (Å²) in [6.45, 7) is 0. The Morgan fingerprint density at radius 3 is 1.53 bits per heavy atom. The van der Waals surface area contributed by atoms with Gasteiger partial charge in [-0.15, -0.1) is 0 Å². The van der Waals surface area contributed by atoms with Gasteiger partial charge in [0.05, 0.1) is 6.85 Å². The fourth-order valence-corrected chi connectivity index (χ4v) is 7.09. The first kappa shape index (κ1) is 27.2. The quantitative estimate of drug-likeness (QED) is 0.165. The van der Waals surface area contributed by atoms with Crippen molar-refractivity contribution in [3.63, 3.8) is 0 Å². The Morgan fingerprint density at radius 1 is 0.345 bits per heavy atom. The monoisotopic (exact) mass is 708 g/mol. The van der Waals surface area contributed by atoms with Crippen LogP contribution in [0.5, 0.6) is 0 Å². The molecule has 0 spiro atoms. The Hall–Kier alpha value is -7.43. The van der Waals surface area contributed by atoms with Crippen molar-refractivity contribution in [1.82, 2.24) is 15.0 Å². The van der Waals surface area contributed by atoms with Crippen LogP contribution in [0.4, 0.5) is 0 Å². The average molecular weight is 709 g/mol. The maximum atomic E-state index is 8.40. The summed E-state index contributed by atoms with van der Waals surface area (Å²) in [6, 6.07) is 54.8. The number of benzene rings is 8. The van der Waals surface area contributed by atoms with E-state index in [2.05, 4.69) is 60.7 Å². The number of fused-ring (bicyclic) bond motifs is 3. The van der Waals surface area contributed by atoms with Gasteiger partial charge in [-0.1, -0.05) is 176 Å². The zero-order chi connectivity index (χ0) is 40.9. The van der Waals surface area contributed by atoms with Crippen molar-refractivity contribution < 1.29 is 11.3 Å². The van der Waals surface area contributed by atoms with Crippen LogP contribution in [0.15, 0.2) is 204 Å². The molecule has 0 amide bonds. The molecule has 4 heteroatoms. The smallest absolute Gasteiger partial charge is 0.164 e. The van der Waals surface area contributed by atoms with Gasteiger partial charge in [-0.3, -0.25) is 0 Å². The molecule has 0 unspecified atom stereocenters. The van der Waals surface area contributed by atoms with Crippen molar-refractivity contribution in [2.45, 2.75) is 0 Å².